The molecule has 5 nitrogen and oxygen atoms in total. The normalized spacial score (nSPS) is 17.7. The van der Waals surface area contributed by atoms with Crippen molar-refractivity contribution in [1.82, 2.24) is 20.0 Å². The third-order valence-electron chi connectivity index (χ3n) is 4.20. The summed E-state index contributed by atoms with van der Waals surface area (Å²) < 4.78 is 1.89. The van der Waals surface area contributed by atoms with Gasteiger partial charge in [0.05, 0.1) is 5.69 Å². The van der Waals surface area contributed by atoms with Gasteiger partial charge in [0.15, 0.2) is 5.69 Å². The number of hydrogen-bond acceptors (Lipinski definition) is 3. The van der Waals surface area contributed by atoms with Crippen molar-refractivity contribution in [3.63, 3.8) is 0 Å². The second-order valence-electron chi connectivity index (χ2n) is 6.46. The highest BCUT2D eigenvalue weighted by Crippen LogP contribution is 2.21. The fourth-order valence-corrected chi connectivity index (χ4v) is 2.97. The third-order valence-corrected chi connectivity index (χ3v) is 4.20. The molecule has 0 unspecified atom stereocenters. The van der Waals surface area contributed by atoms with Crippen LogP contribution in [0, 0.1) is 0 Å². The highest BCUT2D eigenvalue weighted by Gasteiger charge is 2.25. The summed E-state index contributed by atoms with van der Waals surface area (Å²) in [4.78, 5) is 14.7. The highest BCUT2D eigenvalue weighted by molar-refractivity contribution is 5.92. The highest BCUT2D eigenvalue weighted by atomic mass is 35.5. The number of halogens is 1. The van der Waals surface area contributed by atoms with Gasteiger partial charge in [0.2, 0.25) is 0 Å². The van der Waals surface area contributed by atoms with Gasteiger partial charge in [-0.1, -0.05) is 32.0 Å². The molecule has 1 aliphatic heterocycles. The molecule has 24 heavy (non-hydrogen) atoms. The molecule has 1 amide bonds. The predicted octanol–water partition coefficient (Wildman–Crippen LogP) is 2.85. The standard InChI is InChI=1S/C18H24N4O.ClH/c1-13(2)17-11-16(18(23)21-10-9-19-14(3)12-21)20-22(17)15-7-5-4-6-8-15;/h4-8,11,13-14,19H,9-10,12H2,1-3H3;1H/t14-;/m1./s1. The number of nitrogens with zero attached hydrogens (tertiary/aromatic N) is 3. The van der Waals surface area contributed by atoms with Crippen molar-refractivity contribution in [3.8, 4) is 5.69 Å². The van der Waals surface area contributed by atoms with Crippen molar-refractivity contribution in [2.45, 2.75) is 32.7 Å². The van der Waals surface area contributed by atoms with E-state index in [0.29, 0.717) is 17.7 Å². The molecule has 2 heterocycles. The molecule has 1 N–H and O–H groups in total. The van der Waals surface area contributed by atoms with Gasteiger partial charge < -0.3 is 10.2 Å². The van der Waals surface area contributed by atoms with E-state index in [4.69, 9.17) is 0 Å². The van der Waals surface area contributed by atoms with E-state index in [9.17, 15) is 4.79 Å². The van der Waals surface area contributed by atoms with Gasteiger partial charge in [-0.15, -0.1) is 12.4 Å². The molecule has 1 aromatic heterocycles. The minimum atomic E-state index is 0. The van der Waals surface area contributed by atoms with Crippen LogP contribution in [0.3, 0.4) is 0 Å². The predicted molar refractivity (Wildman–Crippen MR) is 98.3 cm³/mol. The van der Waals surface area contributed by atoms with E-state index in [-0.39, 0.29) is 18.3 Å². The number of nitrogens with one attached hydrogen (secondary N) is 1. The van der Waals surface area contributed by atoms with Gasteiger partial charge in [-0.3, -0.25) is 4.79 Å². The lowest BCUT2D eigenvalue weighted by atomic mass is 10.1. The Morgan fingerprint density at radius 3 is 2.62 bits per heavy atom. The molecule has 0 saturated carbocycles. The molecule has 0 radical (unpaired) electrons. The van der Waals surface area contributed by atoms with Gasteiger partial charge in [-0.05, 0) is 31.0 Å². The van der Waals surface area contributed by atoms with E-state index >= 15 is 0 Å². The van der Waals surface area contributed by atoms with Crippen LogP contribution in [-0.4, -0.2) is 46.3 Å². The van der Waals surface area contributed by atoms with Crippen LogP contribution in [0.4, 0.5) is 0 Å². The second kappa shape index (κ2) is 7.81. The van der Waals surface area contributed by atoms with E-state index in [1.165, 1.54) is 0 Å². The van der Waals surface area contributed by atoms with E-state index in [1.54, 1.807) is 0 Å². The van der Waals surface area contributed by atoms with Crippen LogP contribution in [0.25, 0.3) is 5.69 Å². The van der Waals surface area contributed by atoms with Crippen molar-refractivity contribution in [1.29, 1.82) is 0 Å². The van der Waals surface area contributed by atoms with E-state index in [0.717, 1.165) is 31.0 Å². The molecule has 0 bridgehead atoms. The minimum absolute atomic E-state index is 0. The lowest BCUT2D eigenvalue weighted by Crippen LogP contribution is -2.51. The quantitative estimate of drug-likeness (QED) is 0.928. The van der Waals surface area contributed by atoms with Crippen LogP contribution in [0.1, 0.15) is 42.9 Å². The Morgan fingerprint density at radius 1 is 1.29 bits per heavy atom. The Bertz CT molecular complexity index is 684. The number of carbonyl (C=O) groups excluding carboxylic acids is 1. The number of para-hydroxylation sites is 1. The van der Waals surface area contributed by atoms with Crippen molar-refractivity contribution < 1.29 is 4.79 Å². The molecule has 1 aliphatic rings. The fourth-order valence-electron chi connectivity index (χ4n) is 2.97. The van der Waals surface area contributed by atoms with Crippen LogP contribution in [0.5, 0.6) is 0 Å². The van der Waals surface area contributed by atoms with Gasteiger partial charge in [0, 0.05) is 31.4 Å². The van der Waals surface area contributed by atoms with Gasteiger partial charge in [-0.2, -0.15) is 5.10 Å². The summed E-state index contributed by atoms with van der Waals surface area (Å²) in [7, 11) is 0. The molecule has 0 spiro atoms. The topological polar surface area (TPSA) is 50.2 Å². The average Bonchev–Trinajstić information content (AvgIpc) is 3.00. The summed E-state index contributed by atoms with van der Waals surface area (Å²) in [5, 5.41) is 7.97. The van der Waals surface area contributed by atoms with Crippen molar-refractivity contribution in [3.05, 3.63) is 47.8 Å². The first-order chi connectivity index (χ1) is 11.1. The van der Waals surface area contributed by atoms with Crippen LogP contribution in [-0.2, 0) is 0 Å². The molecule has 0 aliphatic carbocycles. The van der Waals surface area contributed by atoms with Crippen LogP contribution < -0.4 is 5.32 Å². The maximum atomic E-state index is 12.8. The number of benzene rings is 1. The fraction of sp³-hybridized carbons (Fsp3) is 0.444. The van der Waals surface area contributed by atoms with Gasteiger partial charge >= 0.3 is 0 Å². The van der Waals surface area contributed by atoms with Crippen molar-refractivity contribution in [2.24, 2.45) is 0 Å². The zero-order valence-electron chi connectivity index (χ0n) is 14.4. The third kappa shape index (κ3) is 3.79. The number of piperazine rings is 1. The molecule has 1 atom stereocenters. The molecular formula is C18H25ClN4O. The molecule has 1 aromatic carbocycles. The largest absolute Gasteiger partial charge is 0.334 e. The number of rotatable bonds is 3. The first kappa shape index (κ1) is 18.5. The molecule has 130 valence electrons. The van der Waals surface area contributed by atoms with E-state index in [1.807, 2.05) is 46.0 Å². The Balaban J connectivity index is 0.00000208. The SMILES string of the molecule is CC(C)c1cc(C(=O)N2CCN[C@H](C)C2)nn1-c1ccccc1.Cl. The lowest BCUT2D eigenvalue weighted by molar-refractivity contribution is 0.0702. The maximum absolute atomic E-state index is 12.8. The second-order valence-corrected chi connectivity index (χ2v) is 6.46. The monoisotopic (exact) mass is 348 g/mol. The molecule has 6 heteroatoms. The van der Waals surface area contributed by atoms with Crippen molar-refractivity contribution in [2.75, 3.05) is 19.6 Å². The Labute approximate surface area is 149 Å². The Kier molecular flexibility index (Phi) is 6.02. The molecule has 1 fully saturated rings. The summed E-state index contributed by atoms with van der Waals surface area (Å²) in [6, 6.07) is 12.2. The zero-order valence-corrected chi connectivity index (χ0v) is 15.2. The first-order valence-electron chi connectivity index (χ1n) is 8.24. The number of aromatic nitrogens is 2. The summed E-state index contributed by atoms with van der Waals surface area (Å²) in [5.74, 6) is 0.320. The average molecular weight is 349 g/mol. The summed E-state index contributed by atoms with van der Waals surface area (Å²) in [6.45, 7) is 8.65. The number of carbonyl (C=O) groups is 1. The lowest BCUT2D eigenvalue weighted by Gasteiger charge is -2.31. The number of hydrogen-bond donors (Lipinski definition) is 1. The Hall–Kier alpha value is -1.85. The molecular weight excluding hydrogens is 324 g/mol. The summed E-state index contributed by atoms with van der Waals surface area (Å²) in [5.41, 5.74) is 2.58. The minimum Gasteiger partial charge on any atom is -0.334 e. The van der Waals surface area contributed by atoms with Gasteiger partial charge in [0.25, 0.3) is 5.91 Å². The van der Waals surface area contributed by atoms with Crippen LogP contribution in [0.2, 0.25) is 0 Å². The first-order valence-corrected chi connectivity index (χ1v) is 8.24. The molecule has 1 saturated heterocycles. The molecule has 3 rings (SSSR count). The van der Waals surface area contributed by atoms with Gasteiger partial charge in [-0.25, -0.2) is 4.68 Å². The van der Waals surface area contributed by atoms with E-state index in [2.05, 4.69) is 31.2 Å². The van der Waals surface area contributed by atoms with Crippen LogP contribution >= 0.6 is 12.4 Å². The van der Waals surface area contributed by atoms with E-state index < -0.39 is 0 Å². The number of amides is 1. The summed E-state index contributed by atoms with van der Waals surface area (Å²) in [6.07, 6.45) is 0. The van der Waals surface area contributed by atoms with Crippen molar-refractivity contribution >= 4 is 18.3 Å². The maximum Gasteiger partial charge on any atom is 0.274 e. The smallest absolute Gasteiger partial charge is 0.274 e. The van der Waals surface area contributed by atoms with Crippen LogP contribution in [0.15, 0.2) is 36.4 Å². The zero-order chi connectivity index (χ0) is 16.4. The Morgan fingerprint density at radius 2 is 2.00 bits per heavy atom. The van der Waals surface area contributed by atoms with Gasteiger partial charge in [0.1, 0.15) is 0 Å². The summed E-state index contributed by atoms with van der Waals surface area (Å²) >= 11 is 0. The molecule has 2 aromatic rings.